The predicted octanol–water partition coefficient (Wildman–Crippen LogP) is 3.61. The summed E-state index contributed by atoms with van der Waals surface area (Å²) in [5.74, 6) is -0.0953. The first-order valence-electron chi connectivity index (χ1n) is 7.36. The topological polar surface area (TPSA) is 32.3 Å². The summed E-state index contributed by atoms with van der Waals surface area (Å²) in [6.07, 6.45) is 4.88. The summed E-state index contributed by atoms with van der Waals surface area (Å²) in [6.45, 7) is 10.1. The van der Waals surface area contributed by atoms with Crippen molar-refractivity contribution in [2.75, 3.05) is 5.01 Å². The second-order valence-electron chi connectivity index (χ2n) is 5.94. The zero-order chi connectivity index (χ0) is 14.8. The standard InChI is InChI=1S/C17H24N2O/c1-5-6-7-8-14-9-11-15(12-10-14)19-17(3,4)13(2)16(20)18-19/h9-12H,2,5-8H2,1,3-4H3,(H,18,20). The van der Waals surface area contributed by atoms with E-state index in [0.29, 0.717) is 5.57 Å². The third-order valence-electron chi connectivity index (χ3n) is 4.05. The van der Waals surface area contributed by atoms with Crippen molar-refractivity contribution in [3.05, 3.63) is 42.0 Å². The van der Waals surface area contributed by atoms with Crippen LogP contribution in [0.1, 0.15) is 45.6 Å². The highest BCUT2D eigenvalue weighted by Crippen LogP contribution is 2.32. The van der Waals surface area contributed by atoms with E-state index in [4.69, 9.17) is 0 Å². The molecule has 1 aliphatic heterocycles. The average molecular weight is 272 g/mol. The molecule has 1 saturated heterocycles. The summed E-state index contributed by atoms with van der Waals surface area (Å²) < 4.78 is 0. The minimum absolute atomic E-state index is 0.0953. The molecule has 0 aromatic heterocycles. The van der Waals surface area contributed by atoms with E-state index < -0.39 is 0 Å². The Kier molecular flexibility index (Phi) is 4.17. The van der Waals surface area contributed by atoms with Crippen LogP contribution in [0.4, 0.5) is 5.69 Å². The van der Waals surface area contributed by atoms with Crippen LogP contribution < -0.4 is 10.4 Å². The molecule has 0 aliphatic carbocycles. The summed E-state index contributed by atoms with van der Waals surface area (Å²) in [6, 6.07) is 8.44. The van der Waals surface area contributed by atoms with E-state index in [1.54, 1.807) is 0 Å². The summed E-state index contributed by atoms with van der Waals surface area (Å²) in [7, 11) is 0. The molecule has 1 aromatic carbocycles. The van der Waals surface area contributed by atoms with Crippen LogP contribution in [0.3, 0.4) is 0 Å². The zero-order valence-electron chi connectivity index (χ0n) is 12.7. The average Bonchev–Trinajstić information content (AvgIpc) is 2.63. The second-order valence-corrected chi connectivity index (χ2v) is 5.94. The lowest BCUT2D eigenvalue weighted by molar-refractivity contribution is -0.116. The fourth-order valence-electron chi connectivity index (χ4n) is 2.50. The molecule has 3 heteroatoms. The monoisotopic (exact) mass is 272 g/mol. The van der Waals surface area contributed by atoms with E-state index in [0.717, 1.165) is 12.1 Å². The number of rotatable bonds is 5. The van der Waals surface area contributed by atoms with E-state index in [1.807, 2.05) is 18.9 Å². The molecule has 0 spiro atoms. The van der Waals surface area contributed by atoms with Gasteiger partial charge in [0.1, 0.15) is 0 Å². The van der Waals surface area contributed by atoms with E-state index in [9.17, 15) is 4.79 Å². The second kappa shape index (κ2) is 5.70. The van der Waals surface area contributed by atoms with Gasteiger partial charge >= 0.3 is 0 Å². The van der Waals surface area contributed by atoms with Crippen molar-refractivity contribution in [3.63, 3.8) is 0 Å². The Morgan fingerprint density at radius 1 is 1.20 bits per heavy atom. The highest BCUT2D eigenvalue weighted by atomic mass is 16.2. The number of hydrogen-bond acceptors (Lipinski definition) is 2. The molecular formula is C17H24N2O. The molecule has 3 nitrogen and oxygen atoms in total. The molecule has 1 aromatic rings. The third kappa shape index (κ3) is 2.72. The zero-order valence-corrected chi connectivity index (χ0v) is 12.7. The Hall–Kier alpha value is -1.77. The number of nitrogens with one attached hydrogen (secondary N) is 1. The maximum absolute atomic E-state index is 11.8. The molecule has 1 amide bonds. The lowest BCUT2D eigenvalue weighted by Crippen LogP contribution is -2.44. The van der Waals surface area contributed by atoms with Gasteiger partial charge in [0.05, 0.1) is 11.2 Å². The van der Waals surface area contributed by atoms with Crippen LogP contribution >= 0.6 is 0 Å². The number of nitrogens with zero attached hydrogens (tertiary/aromatic N) is 1. The summed E-state index contributed by atoms with van der Waals surface area (Å²) >= 11 is 0. The Morgan fingerprint density at radius 3 is 2.35 bits per heavy atom. The SMILES string of the molecule is C=C1C(=O)NN(c2ccc(CCCCC)cc2)C1(C)C. The van der Waals surface area contributed by atoms with Gasteiger partial charge in [-0.25, -0.2) is 0 Å². The molecule has 0 radical (unpaired) electrons. The first kappa shape index (κ1) is 14.6. The van der Waals surface area contributed by atoms with Crippen LogP contribution in [0.5, 0.6) is 0 Å². The van der Waals surface area contributed by atoms with Crippen LogP contribution in [-0.4, -0.2) is 11.4 Å². The fourth-order valence-corrected chi connectivity index (χ4v) is 2.50. The van der Waals surface area contributed by atoms with Gasteiger partial charge in [0.25, 0.3) is 5.91 Å². The maximum atomic E-state index is 11.8. The van der Waals surface area contributed by atoms with Crippen molar-refractivity contribution in [1.82, 2.24) is 5.43 Å². The fraction of sp³-hybridized carbons (Fsp3) is 0.471. The van der Waals surface area contributed by atoms with Crippen molar-refractivity contribution in [2.24, 2.45) is 0 Å². The third-order valence-corrected chi connectivity index (χ3v) is 4.05. The first-order valence-corrected chi connectivity index (χ1v) is 7.36. The number of carbonyl (C=O) groups is 1. The molecule has 20 heavy (non-hydrogen) atoms. The maximum Gasteiger partial charge on any atom is 0.267 e. The molecular weight excluding hydrogens is 248 g/mol. The number of hydrazine groups is 1. The summed E-state index contributed by atoms with van der Waals surface area (Å²) in [5, 5.41) is 1.90. The van der Waals surface area contributed by atoms with E-state index in [2.05, 4.69) is 43.2 Å². The van der Waals surface area contributed by atoms with Crippen molar-refractivity contribution >= 4 is 11.6 Å². The number of unbranched alkanes of at least 4 members (excludes halogenated alkanes) is 2. The molecule has 0 unspecified atom stereocenters. The molecule has 2 rings (SSSR count). The lowest BCUT2D eigenvalue weighted by atomic mass is 9.96. The minimum Gasteiger partial charge on any atom is -0.275 e. The molecule has 0 atom stereocenters. The number of anilines is 1. The number of carbonyl (C=O) groups excluding carboxylic acids is 1. The number of benzene rings is 1. The first-order chi connectivity index (χ1) is 9.46. The highest BCUT2D eigenvalue weighted by molar-refractivity contribution is 6.00. The van der Waals surface area contributed by atoms with Gasteiger partial charge < -0.3 is 0 Å². The number of amides is 1. The lowest BCUT2D eigenvalue weighted by Gasteiger charge is -2.32. The normalized spacial score (nSPS) is 17.4. The molecule has 1 heterocycles. The van der Waals surface area contributed by atoms with Crippen LogP contribution in [-0.2, 0) is 11.2 Å². The van der Waals surface area contributed by atoms with Crippen molar-refractivity contribution < 1.29 is 4.79 Å². The molecule has 1 fully saturated rings. The van der Waals surface area contributed by atoms with Crippen molar-refractivity contribution in [2.45, 2.75) is 52.0 Å². The van der Waals surface area contributed by atoms with Gasteiger partial charge in [-0.15, -0.1) is 0 Å². The van der Waals surface area contributed by atoms with Crippen molar-refractivity contribution in [1.29, 1.82) is 0 Å². The Balaban J connectivity index is 2.10. The largest absolute Gasteiger partial charge is 0.275 e. The van der Waals surface area contributed by atoms with Crippen LogP contribution in [0, 0.1) is 0 Å². The minimum atomic E-state index is -0.388. The summed E-state index contributed by atoms with van der Waals surface area (Å²) in [4.78, 5) is 11.8. The van der Waals surface area contributed by atoms with Crippen molar-refractivity contribution in [3.8, 4) is 0 Å². The number of hydrogen-bond donors (Lipinski definition) is 1. The molecule has 1 aliphatic rings. The number of aryl methyl sites for hydroxylation is 1. The van der Waals surface area contributed by atoms with Gasteiger partial charge in [0, 0.05) is 5.57 Å². The Morgan fingerprint density at radius 2 is 1.85 bits per heavy atom. The van der Waals surface area contributed by atoms with Gasteiger partial charge in [0.2, 0.25) is 0 Å². The van der Waals surface area contributed by atoms with Gasteiger partial charge in [-0.1, -0.05) is 38.5 Å². The smallest absolute Gasteiger partial charge is 0.267 e. The molecule has 0 bridgehead atoms. The van der Waals surface area contributed by atoms with Gasteiger partial charge in [-0.2, -0.15) is 0 Å². The Bertz CT molecular complexity index is 502. The molecule has 108 valence electrons. The molecule has 0 saturated carbocycles. The summed E-state index contributed by atoms with van der Waals surface area (Å²) in [5.41, 5.74) is 5.44. The quantitative estimate of drug-likeness (QED) is 0.656. The van der Waals surface area contributed by atoms with Crippen LogP contribution in [0.2, 0.25) is 0 Å². The van der Waals surface area contributed by atoms with E-state index in [-0.39, 0.29) is 11.4 Å². The van der Waals surface area contributed by atoms with Gasteiger partial charge in [-0.3, -0.25) is 15.2 Å². The molecule has 1 N–H and O–H groups in total. The van der Waals surface area contributed by atoms with Gasteiger partial charge in [0.15, 0.2) is 0 Å². The van der Waals surface area contributed by atoms with Gasteiger partial charge in [-0.05, 0) is 44.4 Å². The van der Waals surface area contributed by atoms with E-state index >= 15 is 0 Å². The predicted molar refractivity (Wildman–Crippen MR) is 83.5 cm³/mol. The van der Waals surface area contributed by atoms with E-state index in [1.165, 1.54) is 24.8 Å². The Labute approximate surface area is 121 Å². The van der Waals surface area contributed by atoms with Crippen LogP contribution in [0.25, 0.3) is 0 Å². The highest BCUT2D eigenvalue weighted by Gasteiger charge is 2.41. The van der Waals surface area contributed by atoms with Crippen LogP contribution in [0.15, 0.2) is 36.4 Å².